The second kappa shape index (κ2) is 37.4. The van der Waals surface area contributed by atoms with E-state index in [2.05, 4.69) is 473 Å². The molecule has 1 radical (unpaired) electrons. The molecule has 0 saturated heterocycles. The van der Waals surface area contributed by atoms with Gasteiger partial charge in [0, 0.05) is 106 Å². The van der Waals surface area contributed by atoms with Crippen molar-refractivity contribution in [2.75, 3.05) is 9.80 Å². The molecule has 1 atom stereocenters. The number of aryl methyl sites for hydroxylation is 4. The Labute approximate surface area is 799 Å². The summed E-state index contributed by atoms with van der Waals surface area (Å²) in [7, 11) is 1.67. The van der Waals surface area contributed by atoms with Crippen molar-refractivity contribution in [2.45, 2.75) is 65.2 Å². The molecule has 0 aliphatic heterocycles. The van der Waals surface area contributed by atoms with Crippen LogP contribution in [0.25, 0.3) is 139 Å². The van der Waals surface area contributed by atoms with Gasteiger partial charge >= 0.3 is 26.2 Å². The van der Waals surface area contributed by atoms with Gasteiger partial charge in [-0.15, -0.1) is 0 Å². The van der Waals surface area contributed by atoms with E-state index in [1.165, 1.54) is 155 Å². The number of aromatic nitrogens is 8. The van der Waals surface area contributed by atoms with Crippen LogP contribution < -0.4 is 9.80 Å². The van der Waals surface area contributed by atoms with E-state index >= 15 is 0 Å². The van der Waals surface area contributed by atoms with Gasteiger partial charge in [0.05, 0.1) is 56.4 Å². The topological polar surface area (TPSA) is 69.8 Å². The van der Waals surface area contributed by atoms with Crippen molar-refractivity contribution in [1.82, 2.24) is 37.8 Å². The number of hydrogen-bond donors (Lipinski definition) is 0. The minimum atomic E-state index is 0. The largest absolute Gasteiger partial charge is 0.309 e. The van der Waals surface area contributed by atoms with E-state index in [0.29, 0.717) is 0 Å². The van der Waals surface area contributed by atoms with Gasteiger partial charge < -0.3 is 18.9 Å². The zero-order chi connectivity index (χ0) is 89.9. The van der Waals surface area contributed by atoms with Crippen LogP contribution in [0.2, 0.25) is 0 Å². The van der Waals surface area contributed by atoms with E-state index in [1.54, 1.807) is 9.84 Å². The minimum Gasteiger partial charge on any atom is -0.309 e. The molecule has 1 aliphatic rings. The van der Waals surface area contributed by atoms with E-state index in [0.717, 1.165) is 84.3 Å². The van der Waals surface area contributed by atoms with Crippen LogP contribution in [0.5, 0.6) is 0 Å². The van der Waals surface area contributed by atoms with Crippen LogP contribution in [0.15, 0.2) is 449 Å². The smallest absolute Gasteiger partial charge is 0.145 e. The maximum absolute atomic E-state index is 5.67. The Morgan fingerprint density at radius 3 is 0.744 bits per heavy atom. The number of hydrogen-bond acceptors (Lipinski definition) is 5. The second-order valence-electron chi connectivity index (χ2n) is 34.6. The number of nitrogens with zero attached hydrogens (tertiary/aromatic N) is 10. The fraction of sp³-hybridized carbons (Fsp3) is 0.0826. The number of rotatable bonds is 16. The Hall–Kier alpha value is -15.1. The van der Waals surface area contributed by atoms with Gasteiger partial charge in [0.25, 0.3) is 0 Å². The molecule has 0 bridgehead atoms. The summed E-state index contributed by atoms with van der Waals surface area (Å²) in [6.45, 7) is 8.59. The maximum Gasteiger partial charge on any atom is 0.145 e. The zero-order valence-electron chi connectivity index (χ0n) is 75.9. The molecule has 0 amide bonds. The number of benzene rings is 18. The van der Waals surface area contributed by atoms with Crippen LogP contribution in [0.4, 0.5) is 34.1 Å². The molecule has 23 aromatic rings. The molecule has 18 aromatic carbocycles. The summed E-state index contributed by atoms with van der Waals surface area (Å²) in [5.74, 6) is 2.53. The third kappa shape index (κ3) is 16.5. The summed E-state index contributed by atoms with van der Waals surface area (Å²) in [5.41, 5.74) is 34.1. The van der Waals surface area contributed by atoms with E-state index in [-0.39, 0.29) is 31.6 Å². The molecular formula is C121H101BiN10P. The van der Waals surface area contributed by atoms with Gasteiger partial charge in [-0.1, -0.05) is 284 Å². The molecule has 5 aromatic heterocycles. The maximum atomic E-state index is 5.67. The fourth-order valence-electron chi connectivity index (χ4n) is 19.8. The summed E-state index contributed by atoms with van der Waals surface area (Å²) in [6.07, 6.45) is 6.15. The monoisotopic (exact) mass is 1940 g/mol. The number of fused-ring (bicyclic) bond motifs is 9. The van der Waals surface area contributed by atoms with Gasteiger partial charge in [0.15, 0.2) is 0 Å². The van der Waals surface area contributed by atoms with Crippen LogP contribution >= 0.6 is 9.84 Å². The van der Waals surface area contributed by atoms with Gasteiger partial charge in [-0.05, 0) is 258 Å². The average molecular weight is 1940 g/mol. The molecule has 24 rings (SSSR count). The minimum absolute atomic E-state index is 0. The first-order valence-corrected chi connectivity index (χ1v) is 45.5. The summed E-state index contributed by atoms with van der Waals surface area (Å²) in [6, 6.07) is 161. The summed E-state index contributed by atoms with van der Waals surface area (Å²) >= 11 is 0. The predicted octanol–water partition coefficient (Wildman–Crippen LogP) is 30.8. The first-order chi connectivity index (χ1) is 65.6. The first kappa shape index (κ1) is 84.7. The van der Waals surface area contributed by atoms with Gasteiger partial charge in [-0.3, -0.25) is 13.7 Å². The molecule has 1 unspecified atom stereocenters. The quantitative estimate of drug-likeness (QED) is 0.0712. The van der Waals surface area contributed by atoms with Gasteiger partial charge in [-0.2, -0.15) is 9.84 Å². The number of imidazole rings is 3. The van der Waals surface area contributed by atoms with Gasteiger partial charge in [-0.25, -0.2) is 15.0 Å². The van der Waals surface area contributed by atoms with E-state index in [1.807, 2.05) is 36.4 Å². The van der Waals surface area contributed by atoms with Crippen molar-refractivity contribution in [3.05, 3.63) is 482 Å². The summed E-state index contributed by atoms with van der Waals surface area (Å²) < 4.78 is 17.2. The van der Waals surface area contributed by atoms with E-state index < -0.39 is 0 Å². The Morgan fingerprint density at radius 1 is 0.233 bits per heavy atom. The van der Waals surface area contributed by atoms with Crippen molar-refractivity contribution in [3.8, 4) is 62.6 Å². The fourth-order valence-corrected chi connectivity index (χ4v) is 19.8. The molecule has 1 saturated carbocycles. The van der Waals surface area contributed by atoms with Crippen LogP contribution in [0, 0.1) is 27.7 Å². The number of anilines is 6. The predicted molar refractivity (Wildman–Crippen MR) is 566 cm³/mol. The van der Waals surface area contributed by atoms with E-state index in [4.69, 9.17) is 16.2 Å². The summed E-state index contributed by atoms with van der Waals surface area (Å²) in [5, 5.41) is 5.13. The zero-order valence-corrected chi connectivity index (χ0v) is 80.5. The summed E-state index contributed by atoms with van der Waals surface area (Å²) in [4.78, 5) is 20.6. The Bertz CT molecular complexity index is 7290. The third-order valence-electron chi connectivity index (χ3n) is 26.2. The molecule has 1 fully saturated rings. The molecule has 10 nitrogen and oxygen atoms in total. The van der Waals surface area contributed by atoms with Crippen molar-refractivity contribution >= 4 is 147 Å². The molecule has 133 heavy (non-hydrogen) atoms. The van der Waals surface area contributed by atoms with Crippen LogP contribution in [-0.2, 0) is 5.41 Å². The molecule has 12 heteroatoms. The average Bonchev–Trinajstić information content (AvgIpc) is 1.61. The Balaban J connectivity index is 0.000000126. The molecule has 0 spiro atoms. The van der Waals surface area contributed by atoms with Gasteiger partial charge in [0.1, 0.15) is 17.5 Å². The molecule has 645 valence electrons. The van der Waals surface area contributed by atoms with Gasteiger partial charge in [0.2, 0.25) is 0 Å². The number of para-hydroxylation sites is 13. The second-order valence-corrected chi connectivity index (χ2v) is 34.6. The molecule has 0 N–H and O–H groups in total. The molecule has 5 heterocycles. The van der Waals surface area contributed by atoms with Crippen molar-refractivity contribution in [3.63, 3.8) is 0 Å². The SMILES string of the molecule is Cc1ccc(N(c2ccc(C)cc2)c2ccc(C3(c4ccc(N(c5ccc(C)cc5)c5ccc(C)cc5)cc4)CCCCC3)cc2)cc1.[3H]P.[BiH2].c1cc(-n2c3ccccc3c3ccccc32)cc(-n2c3ccccc3c3ccccc32)c1.c1ccc(-n2c(-c3cc(-c4nc5ccccc5n4-c4ccccc4)cc(-c4nc5ccccc5n4-c4ccccc4)c3)nc3ccccc32)cc1. The molecular weight excluding hydrogens is 1830 g/mol. The molecule has 1 aliphatic carbocycles. The van der Waals surface area contributed by atoms with Crippen molar-refractivity contribution in [2.24, 2.45) is 0 Å². The van der Waals surface area contributed by atoms with Crippen LogP contribution in [0.1, 0.15) is 65.5 Å². The van der Waals surface area contributed by atoms with E-state index in [9.17, 15) is 0 Å². The Morgan fingerprint density at radius 2 is 0.466 bits per heavy atom. The standard InChI is InChI=1S/C46H46N2.C45H30N6.C30H20N2.Bi.H3P.2H/c1-34-8-20-40(21-9-34)47(41-22-10-35(2)11-23-41)44-28-16-38(17-29-44)46(32-6-5-7-33-46)39-18-30-45(31-19-39)48(42-24-12-36(3)13-25-42)43-26-14-37(4)15-27-43;1-4-16-34(17-5-1)49-40-25-13-10-22-37(40)46-43(49)31-28-32(44-47-38-23-11-14-26-41(38)50(44)35-18-6-2-7-19-35)30-33(29-31)45-48-39-24-12-15-27-42(39)51(45)36-20-8-3-9-21-36;1-5-16-27-23(12-1)24-13-2-6-17-28(24)31(27)21-10-9-11-22(20-21)32-29-18-7-3-14-25(29)26-15-4-8-19-30(26)32;;;;/h8-31H,5-7,32-33H2,1-4H3;1-30H;1-20H;;1H3;;/i;;;;1T;;. The van der Waals surface area contributed by atoms with Crippen molar-refractivity contribution < 1.29 is 0 Å². The van der Waals surface area contributed by atoms with Crippen molar-refractivity contribution in [1.29, 1.82) is 1.28 Å². The normalized spacial score (nSPS) is 12.4. The van der Waals surface area contributed by atoms with Crippen LogP contribution in [-0.4, -0.2) is 65.3 Å². The Kier molecular flexibility index (Phi) is 23.8. The third-order valence-corrected chi connectivity index (χ3v) is 26.2. The first-order valence-electron chi connectivity index (χ1n) is 46.1. The van der Waals surface area contributed by atoms with Crippen LogP contribution in [0.3, 0.4) is 0 Å².